The van der Waals surface area contributed by atoms with Crippen molar-refractivity contribution in [3.8, 4) is 0 Å². The molecule has 6 nitrogen and oxygen atoms in total. The van der Waals surface area contributed by atoms with Gasteiger partial charge in [-0.05, 0) is 19.9 Å². The van der Waals surface area contributed by atoms with Crippen molar-refractivity contribution in [1.82, 2.24) is 15.1 Å². The Morgan fingerprint density at radius 3 is 2.68 bits per heavy atom. The van der Waals surface area contributed by atoms with Crippen molar-refractivity contribution in [2.75, 3.05) is 13.1 Å². The molecule has 1 saturated heterocycles. The van der Waals surface area contributed by atoms with Crippen molar-refractivity contribution in [3.05, 3.63) is 18.0 Å². The number of alkyl halides is 3. The van der Waals surface area contributed by atoms with E-state index in [1.54, 1.807) is 13.8 Å². The van der Waals surface area contributed by atoms with Gasteiger partial charge in [0.05, 0.1) is 5.69 Å². The van der Waals surface area contributed by atoms with Crippen molar-refractivity contribution in [3.63, 3.8) is 0 Å². The van der Waals surface area contributed by atoms with Crippen molar-refractivity contribution in [2.24, 2.45) is 11.3 Å². The minimum absolute atomic E-state index is 0.167. The minimum Gasteiger partial charge on any atom is -0.481 e. The van der Waals surface area contributed by atoms with Crippen LogP contribution in [-0.2, 0) is 4.79 Å². The van der Waals surface area contributed by atoms with Crippen LogP contribution in [0, 0.1) is 11.3 Å². The predicted octanol–water partition coefficient (Wildman–Crippen LogP) is 1.35. The highest BCUT2D eigenvalue weighted by molar-refractivity contribution is 5.77. The number of carbonyl (C=O) groups is 1. The monoisotopic (exact) mass is 321 g/mol. The van der Waals surface area contributed by atoms with E-state index in [1.807, 2.05) is 0 Å². The van der Waals surface area contributed by atoms with Crippen LogP contribution in [0.25, 0.3) is 0 Å². The summed E-state index contributed by atoms with van der Waals surface area (Å²) in [5.74, 6) is -3.51. The zero-order valence-corrected chi connectivity index (χ0v) is 12.1. The van der Waals surface area contributed by atoms with Gasteiger partial charge in [-0.15, -0.1) is 0 Å². The maximum atomic E-state index is 13.4. The van der Waals surface area contributed by atoms with Crippen molar-refractivity contribution in [2.45, 2.75) is 32.2 Å². The molecular formula is C13H18F3N3O3. The minimum atomic E-state index is -4.98. The van der Waals surface area contributed by atoms with Crippen LogP contribution >= 0.6 is 0 Å². The summed E-state index contributed by atoms with van der Waals surface area (Å²) in [6.07, 6.45) is -5.19. The van der Waals surface area contributed by atoms with Gasteiger partial charge in [0.15, 0.2) is 5.41 Å². The Hall–Kier alpha value is -1.61. The molecule has 22 heavy (non-hydrogen) atoms. The average Bonchev–Trinajstić information content (AvgIpc) is 3.04. The fourth-order valence-corrected chi connectivity index (χ4v) is 2.97. The smallest absolute Gasteiger partial charge is 0.406 e. The number of hydrogen-bond acceptors (Lipinski definition) is 4. The second-order valence-corrected chi connectivity index (χ2v) is 5.75. The lowest BCUT2D eigenvalue weighted by molar-refractivity contribution is -0.244. The second-order valence-electron chi connectivity index (χ2n) is 5.75. The van der Waals surface area contributed by atoms with Crippen LogP contribution < -0.4 is 5.32 Å². The molecule has 0 aromatic carbocycles. The number of carboxylic acid groups (broad SMARTS) is 1. The first-order chi connectivity index (χ1) is 10.1. The molecule has 0 saturated carbocycles. The Morgan fingerprint density at radius 2 is 2.18 bits per heavy atom. The first-order valence-electron chi connectivity index (χ1n) is 6.85. The zero-order chi connectivity index (χ0) is 16.7. The van der Waals surface area contributed by atoms with Crippen LogP contribution in [0.2, 0.25) is 0 Å². The van der Waals surface area contributed by atoms with Crippen LogP contribution in [0.1, 0.15) is 31.7 Å². The summed E-state index contributed by atoms with van der Waals surface area (Å²) in [4.78, 5) is 11.4. The van der Waals surface area contributed by atoms with Crippen molar-refractivity contribution < 1.29 is 28.2 Å². The highest BCUT2D eigenvalue weighted by Crippen LogP contribution is 2.50. The Bertz CT molecular complexity index is 558. The van der Waals surface area contributed by atoms with E-state index in [0.29, 0.717) is 0 Å². The summed E-state index contributed by atoms with van der Waals surface area (Å²) < 4.78 is 41.7. The number of aliphatic hydroxyl groups is 1. The Balaban J connectivity index is 2.45. The van der Waals surface area contributed by atoms with E-state index in [0.717, 1.165) is 0 Å². The zero-order valence-electron chi connectivity index (χ0n) is 12.1. The molecule has 2 rings (SSSR count). The van der Waals surface area contributed by atoms with Gasteiger partial charge in [-0.1, -0.05) is 0 Å². The maximum absolute atomic E-state index is 13.4. The molecule has 0 radical (unpaired) electrons. The molecule has 124 valence electrons. The van der Waals surface area contributed by atoms with Gasteiger partial charge in [0.2, 0.25) is 0 Å². The van der Waals surface area contributed by atoms with Crippen molar-refractivity contribution >= 4 is 5.97 Å². The highest BCUT2D eigenvalue weighted by atomic mass is 19.4. The largest absolute Gasteiger partial charge is 0.481 e. The fourth-order valence-electron chi connectivity index (χ4n) is 2.97. The molecule has 0 aliphatic carbocycles. The lowest BCUT2D eigenvalue weighted by Crippen LogP contribution is -2.52. The van der Waals surface area contributed by atoms with Gasteiger partial charge in [-0.2, -0.15) is 18.3 Å². The lowest BCUT2D eigenvalue weighted by Gasteiger charge is -2.35. The van der Waals surface area contributed by atoms with Gasteiger partial charge in [-0.25, -0.2) is 0 Å². The van der Waals surface area contributed by atoms with E-state index < -0.39 is 36.1 Å². The number of aromatic nitrogens is 2. The van der Waals surface area contributed by atoms with Crippen molar-refractivity contribution in [1.29, 1.82) is 0 Å². The standard InChI is InChI=1S/C13H18F3N3O3/c1-7(2)19-9(3-4-18-19)10(20)8-5-17-6-12(8,11(21)22)13(14,15)16/h3-4,7-8,10,17,20H,5-6H2,1-2H3,(H,21,22)/t8-,10+,12-/m0/s1. The number of halogens is 3. The molecule has 0 amide bonds. The van der Waals surface area contributed by atoms with Gasteiger partial charge >= 0.3 is 12.1 Å². The van der Waals surface area contributed by atoms with E-state index in [1.165, 1.54) is 16.9 Å². The SMILES string of the molecule is CC(C)n1nccc1[C@H](O)[C@@H]1CNC[C@]1(C(=O)O)C(F)(F)F. The third-order valence-electron chi connectivity index (χ3n) is 4.16. The average molecular weight is 321 g/mol. The molecule has 1 aliphatic rings. The van der Waals surface area contributed by atoms with Gasteiger partial charge < -0.3 is 15.5 Å². The molecule has 3 atom stereocenters. The first-order valence-corrected chi connectivity index (χ1v) is 6.85. The predicted molar refractivity (Wildman–Crippen MR) is 70.1 cm³/mol. The van der Waals surface area contributed by atoms with Crippen LogP contribution in [-0.4, -0.2) is 45.2 Å². The third kappa shape index (κ3) is 2.38. The molecular weight excluding hydrogens is 303 g/mol. The summed E-state index contributed by atoms with van der Waals surface area (Å²) >= 11 is 0. The van der Waals surface area contributed by atoms with E-state index in [-0.39, 0.29) is 18.3 Å². The van der Waals surface area contributed by atoms with E-state index in [9.17, 15) is 28.2 Å². The quantitative estimate of drug-likeness (QED) is 0.779. The fraction of sp³-hybridized carbons (Fsp3) is 0.692. The number of hydrogen-bond donors (Lipinski definition) is 3. The Morgan fingerprint density at radius 1 is 1.55 bits per heavy atom. The van der Waals surface area contributed by atoms with E-state index in [4.69, 9.17) is 0 Å². The molecule has 1 aromatic rings. The van der Waals surface area contributed by atoms with Gasteiger partial charge in [0.25, 0.3) is 0 Å². The summed E-state index contributed by atoms with van der Waals surface area (Å²) in [6, 6.07) is 1.24. The third-order valence-corrected chi connectivity index (χ3v) is 4.16. The summed E-state index contributed by atoms with van der Waals surface area (Å²) in [6.45, 7) is 2.54. The topological polar surface area (TPSA) is 87.4 Å². The molecule has 2 heterocycles. The van der Waals surface area contributed by atoms with E-state index >= 15 is 0 Å². The van der Waals surface area contributed by atoms with Crippen LogP contribution in [0.15, 0.2) is 12.3 Å². The molecule has 1 aliphatic heterocycles. The van der Waals surface area contributed by atoms with Crippen LogP contribution in [0.5, 0.6) is 0 Å². The molecule has 0 bridgehead atoms. The normalized spacial score (nSPS) is 27.3. The van der Waals surface area contributed by atoms with Gasteiger partial charge in [-0.3, -0.25) is 9.48 Å². The number of nitrogens with zero attached hydrogens (tertiary/aromatic N) is 2. The number of carboxylic acids is 1. The molecule has 3 N–H and O–H groups in total. The summed E-state index contributed by atoms with van der Waals surface area (Å²) in [7, 11) is 0. The molecule has 9 heteroatoms. The Kier molecular flexibility index (Phi) is 4.22. The van der Waals surface area contributed by atoms with E-state index in [2.05, 4.69) is 10.4 Å². The van der Waals surface area contributed by atoms with Gasteiger partial charge in [0, 0.05) is 31.2 Å². The van der Waals surface area contributed by atoms with Crippen LogP contribution in [0.3, 0.4) is 0 Å². The summed E-state index contributed by atoms with van der Waals surface area (Å²) in [5.41, 5.74) is -2.84. The summed E-state index contributed by atoms with van der Waals surface area (Å²) in [5, 5.41) is 26.0. The Labute approximate surface area is 124 Å². The number of aliphatic hydroxyl groups excluding tert-OH is 1. The molecule has 0 unspecified atom stereocenters. The highest BCUT2D eigenvalue weighted by Gasteiger charge is 2.68. The number of nitrogens with one attached hydrogen (secondary N) is 1. The lowest BCUT2D eigenvalue weighted by atomic mass is 9.73. The maximum Gasteiger partial charge on any atom is 0.406 e. The van der Waals surface area contributed by atoms with Gasteiger partial charge in [0.1, 0.15) is 6.10 Å². The number of aliphatic carboxylic acids is 1. The second kappa shape index (κ2) is 5.54. The van der Waals surface area contributed by atoms with Crippen LogP contribution in [0.4, 0.5) is 13.2 Å². The molecule has 1 fully saturated rings. The molecule has 1 aromatic heterocycles. The first kappa shape index (κ1) is 16.8. The number of rotatable bonds is 4. The molecule has 0 spiro atoms.